The van der Waals surface area contributed by atoms with Crippen LogP contribution in [0.5, 0.6) is 0 Å². The maximum atomic E-state index is 14.5. The SMILES string of the molecule is CC(=O)OCC12C(OC(C)=O)C(OC(C)=O)C3C(OC(C)=O)C14OC3(C)COC(=O)c1cccnc1CCC(C)(O)C(=O)OC(C(OC(=O)c1ccc(=O)n(C)c1)C2OC(C)=O)C4(C)O. The fraction of sp³-hybridized carbons (Fsp3) is 0.581. The highest BCUT2D eigenvalue weighted by Gasteiger charge is 2.92. The number of aromatic nitrogens is 2. The molecule has 0 radical (unpaired) electrons. The number of carbonyl (C=O) groups excluding carboxylic acids is 8. The Morgan fingerprint density at radius 2 is 1.40 bits per heavy atom. The van der Waals surface area contributed by atoms with E-state index in [4.69, 9.17) is 42.6 Å². The third-order valence-corrected chi connectivity index (χ3v) is 12.5. The summed E-state index contributed by atoms with van der Waals surface area (Å²) in [4.78, 5) is 126. The second kappa shape index (κ2) is 17.3. The fourth-order valence-electron chi connectivity index (χ4n) is 9.87. The minimum atomic E-state index is -3.05. The van der Waals surface area contributed by atoms with Crippen LogP contribution in [0.1, 0.15) is 88.2 Å². The van der Waals surface area contributed by atoms with Gasteiger partial charge in [0.2, 0.25) is 5.56 Å². The first kappa shape index (κ1) is 48.2. The molecule has 2 aliphatic carbocycles. The lowest BCUT2D eigenvalue weighted by Gasteiger charge is -2.67. The standard InChI is InChI=1S/C43H50N2O20/c1-20(46)57-19-42-34(61-23(4)49)30(59-21(2)47)29-32(60-22(3)48)43(42)41(8,56)33(31(35(42)62-24(5)50)63-36(52)25-12-13-28(51)45(9)17-25)64-38(54)39(6,55)15-14-27-26(11-10-16-44-27)37(53)58-18-40(29,7)65-43/h10-13,16-17,29-35,55-56H,14-15,18-19H2,1-9H3. The molecule has 1 spiro atoms. The van der Waals surface area contributed by atoms with Crippen LogP contribution >= 0.6 is 0 Å². The average molecular weight is 915 g/mol. The molecule has 4 heterocycles. The molecule has 22 nitrogen and oxygen atoms in total. The quantitative estimate of drug-likeness (QED) is 0.260. The summed E-state index contributed by atoms with van der Waals surface area (Å²) in [6.07, 6.45) is -11.4. The summed E-state index contributed by atoms with van der Waals surface area (Å²) in [6, 6.07) is 4.88. The zero-order chi connectivity index (χ0) is 48.2. The van der Waals surface area contributed by atoms with E-state index in [0.29, 0.717) is 0 Å². The molecule has 2 aromatic rings. The first-order chi connectivity index (χ1) is 30.2. The predicted molar refractivity (Wildman–Crippen MR) is 212 cm³/mol. The lowest BCUT2D eigenvalue weighted by Crippen LogP contribution is -2.89. The molecule has 6 rings (SSSR count). The fourth-order valence-corrected chi connectivity index (χ4v) is 9.87. The van der Waals surface area contributed by atoms with E-state index in [9.17, 15) is 53.4 Å². The highest BCUT2D eigenvalue weighted by molar-refractivity contribution is 5.91. The van der Waals surface area contributed by atoms with Gasteiger partial charge in [0.05, 0.1) is 22.7 Å². The summed E-state index contributed by atoms with van der Waals surface area (Å²) < 4.78 is 55.8. The first-order valence-corrected chi connectivity index (χ1v) is 20.4. The van der Waals surface area contributed by atoms with E-state index in [2.05, 4.69) is 4.98 Å². The number of pyridine rings is 2. The highest BCUT2D eigenvalue weighted by atomic mass is 16.7. The van der Waals surface area contributed by atoms with Gasteiger partial charge in [-0.3, -0.25) is 33.8 Å². The number of aliphatic hydroxyl groups is 2. The maximum Gasteiger partial charge on any atom is 0.340 e. The van der Waals surface area contributed by atoms with E-state index in [1.54, 1.807) is 0 Å². The second-order valence-corrected chi connectivity index (χ2v) is 17.2. The van der Waals surface area contributed by atoms with Crippen LogP contribution in [0.25, 0.3) is 0 Å². The number of hydrogen-bond acceptors (Lipinski definition) is 21. The predicted octanol–water partition coefficient (Wildman–Crippen LogP) is -0.0299. The van der Waals surface area contributed by atoms with E-state index >= 15 is 0 Å². The Hall–Kier alpha value is -6.26. The van der Waals surface area contributed by atoms with Crippen molar-refractivity contribution in [2.24, 2.45) is 18.4 Å². The molecule has 0 amide bonds. The number of esters is 8. The van der Waals surface area contributed by atoms with Gasteiger partial charge in [0, 0.05) is 60.1 Å². The van der Waals surface area contributed by atoms with E-state index in [1.165, 1.54) is 32.3 Å². The number of cyclic esters (lactones) is 1. The number of nitrogens with zero attached hydrogens (tertiary/aromatic N) is 2. The lowest BCUT2D eigenvalue weighted by molar-refractivity contribution is -0.386. The van der Waals surface area contributed by atoms with Crippen molar-refractivity contribution in [1.29, 1.82) is 0 Å². The van der Waals surface area contributed by atoms with Crippen molar-refractivity contribution in [3.05, 3.63) is 63.8 Å². The second-order valence-electron chi connectivity index (χ2n) is 17.2. The van der Waals surface area contributed by atoms with Crippen LogP contribution in [0.2, 0.25) is 0 Å². The van der Waals surface area contributed by atoms with Gasteiger partial charge in [-0.1, -0.05) is 0 Å². The molecule has 4 bridgehead atoms. The summed E-state index contributed by atoms with van der Waals surface area (Å²) >= 11 is 0. The zero-order valence-corrected chi connectivity index (χ0v) is 37.0. The average Bonchev–Trinajstić information content (AvgIpc) is 3.42. The van der Waals surface area contributed by atoms with Gasteiger partial charge < -0.3 is 57.4 Å². The maximum absolute atomic E-state index is 14.5. The molecule has 0 aromatic carbocycles. The normalized spacial score (nSPS) is 35.1. The summed E-state index contributed by atoms with van der Waals surface area (Å²) in [5.41, 5.74) is -14.3. The Labute approximate surface area is 370 Å². The Balaban J connectivity index is 1.79. The molecule has 12 atom stereocenters. The van der Waals surface area contributed by atoms with E-state index in [1.807, 2.05) is 0 Å². The summed E-state index contributed by atoms with van der Waals surface area (Å²) in [6.45, 7) is 6.08. The van der Waals surface area contributed by atoms with Crippen molar-refractivity contribution >= 4 is 47.8 Å². The van der Waals surface area contributed by atoms with E-state index in [0.717, 1.165) is 71.4 Å². The number of aryl methyl sites for hydroxylation is 2. The lowest BCUT2D eigenvalue weighted by atomic mass is 9.45. The largest absolute Gasteiger partial charge is 0.465 e. The number of hydrogen-bond donors (Lipinski definition) is 2. The molecular weight excluding hydrogens is 864 g/mol. The van der Waals surface area contributed by atoms with Crippen molar-refractivity contribution < 1.29 is 91.2 Å². The highest BCUT2D eigenvalue weighted by Crippen LogP contribution is 2.70. The van der Waals surface area contributed by atoms with Crippen LogP contribution in [0.4, 0.5) is 0 Å². The van der Waals surface area contributed by atoms with Crippen molar-refractivity contribution in [3.63, 3.8) is 0 Å². The molecule has 1 saturated heterocycles. The van der Waals surface area contributed by atoms with Gasteiger partial charge in [-0.05, 0) is 51.8 Å². The van der Waals surface area contributed by atoms with Crippen LogP contribution in [0.15, 0.2) is 41.5 Å². The zero-order valence-electron chi connectivity index (χ0n) is 37.0. The Kier molecular flexibility index (Phi) is 12.8. The van der Waals surface area contributed by atoms with Gasteiger partial charge >= 0.3 is 47.8 Å². The molecule has 4 aliphatic rings. The summed E-state index contributed by atoms with van der Waals surface area (Å²) in [5.74, 6) is -10.9. The third kappa shape index (κ3) is 8.22. The van der Waals surface area contributed by atoms with Crippen molar-refractivity contribution in [1.82, 2.24) is 9.55 Å². The van der Waals surface area contributed by atoms with Crippen LogP contribution in [-0.4, -0.2) is 140 Å². The molecule has 2 aromatic heterocycles. The van der Waals surface area contributed by atoms with Gasteiger partial charge in [0.1, 0.15) is 42.0 Å². The van der Waals surface area contributed by atoms with Crippen LogP contribution in [-0.2, 0) is 84.9 Å². The van der Waals surface area contributed by atoms with Crippen LogP contribution < -0.4 is 5.56 Å². The molecule has 2 aliphatic heterocycles. The summed E-state index contributed by atoms with van der Waals surface area (Å²) in [5, 5.41) is 25.5. The topological polar surface area (TPSA) is 295 Å². The first-order valence-electron chi connectivity index (χ1n) is 20.4. The third-order valence-electron chi connectivity index (χ3n) is 12.5. The van der Waals surface area contributed by atoms with Gasteiger partial charge in [-0.2, -0.15) is 0 Å². The van der Waals surface area contributed by atoms with Crippen molar-refractivity contribution in [3.8, 4) is 0 Å². The minimum Gasteiger partial charge on any atom is -0.465 e. The number of rotatable bonds is 8. The van der Waals surface area contributed by atoms with Crippen LogP contribution in [0.3, 0.4) is 0 Å². The molecule has 2 saturated carbocycles. The van der Waals surface area contributed by atoms with Gasteiger partial charge in [-0.25, -0.2) is 14.4 Å². The van der Waals surface area contributed by atoms with Gasteiger partial charge in [-0.15, -0.1) is 0 Å². The van der Waals surface area contributed by atoms with E-state index < -0.39 is 143 Å². The van der Waals surface area contributed by atoms with E-state index in [-0.39, 0.29) is 23.2 Å². The molecule has 352 valence electrons. The van der Waals surface area contributed by atoms with Crippen molar-refractivity contribution in [2.75, 3.05) is 13.2 Å². The van der Waals surface area contributed by atoms with Gasteiger partial charge in [0.15, 0.2) is 35.6 Å². The Morgan fingerprint density at radius 3 is 1.98 bits per heavy atom. The smallest absolute Gasteiger partial charge is 0.340 e. The molecule has 65 heavy (non-hydrogen) atoms. The van der Waals surface area contributed by atoms with Gasteiger partial charge in [0.25, 0.3) is 0 Å². The number of carbonyl (C=O) groups is 8. The molecular formula is C43H50N2O20. The molecule has 12 unspecified atom stereocenters. The molecule has 3 fully saturated rings. The Bertz CT molecular complexity index is 2370. The molecule has 22 heteroatoms. The Morgan fingerprint density at radius 1 is 0.800 bits per heavy atom. The summed E-state index contributed by atoms with van der Waals surface area (Å²) in [7, 11) is 1.32. The van der Waals surface area contributed by atoms with Crippen molar-refractivity contribution in [2.45, 2.75) is 127 Å². The number of fused-ring (bicyclic) bond motifs is 5. The monoisotopic (exact) mass is 914 g/mol. The minimum absolute atomic E-state index is 0.0610. The van der Waals surface area contributed by atoms with Crippen LogP contribution in [0, 0.1) is 11.3 Å². The number of ether oxygens (including phenoxy) is 9. The molecule has 2 N–H and O–H groups in total.